The van der Waals surface area contributed by atoms with Gasteiger partial charge in [0, 0.05) is 28.5 Å². The van der Waals surface area contributed by atoms with E-state index in [0.29, 0.717) is 22.0 Å². The van der Waals surface area contributed by atoms with Crippen LogP contribution in [-0.4, -0.2) is 21.9 Å². The van der Waals surface area contributed by atoms with E-state index in [1.54, 1.807) is 30.3 Å². The maximum Gasteiger partial charge on any atom is 0.416 e. The SMILES string of the molecule is CC(C)N(C(=O)c1nccc(-c2ccc(C(F)(F)F)cc2)n1)c1ccc(Cl)cc1. The van der Waals surface area contributed by atoms with Crippen molar-refractivity contribution in [2.45, 2.75) is 26.1 Å². The number of carbonyl (C=O) groups excluding carboxylic acids is 1. The van der Waals surface area contributed by atoms with E-state index in [0.717, 1.165) is 12.1 Å². The Morgan fingerprint density at radius 2 is 1.62 bits per heavy atom. The van der Waals surface area contributed by atoms with Crippen molar-refractivity contribution in [1.82, 2.24) is 9.97 Å². The van der Waals surface area contributed by atoms with Crippen LogP contribution >= 0.6 is 11.6 Å². The van der Waals surface area contributed by atoms with Gasteiger partial charge in [-0.15, -0.1) is 0 Å². The number of aromatic nitrogens is 2. The molecule has 1 aromatic heterocycles. The van der Waals surface area contributed by atoms with Gasteiger partial charge in [-0.05, 0) is 56.3 Å². The molecule has 150 valence electrons. The second-order valence-electron chi connectivity index (χ2n) is 6.59. The van der Waals surface area contributed by atoms with Gasteiger partial charge in [-0.25, -0.2) is 9.97 Å². The highest BCUT2D eigenvalue weighted by molar-refractivity contribution is 6.30. The van der Waals surface area contributed by atoms with Crippen LogP contribution < -0.4 is 4.90 Å². The summed E-state index contributed by atoms with van der Waals surface area (Å²) in [7, 11) is 0. The molecular weight excluding hydrogens is 403 g/mol. The maximum atomic E-state index is 13.1. The van der Waals surface area contributed by atoms with E-state index < -0.39 is 17.6 Å². The standard InChI is InChI=1S/C21H17ClF3N3O/c1-13(2)28(17-9-7-16(22)8-10-17)20(29)19-26-12-11-18(27-19)14-3-5-15(6-4-14)21(23,24)25/h3-13H,1-2H3. The monoisotopic (exact) mass is 419 g/mol. The molecule has 0 fully saturated rings. The van der Waals surface area contributed by atoms with Crippen molar-refractivity contribution in [3.63, 3.8) is 0 Å². The maximum absolute atomic E-state index is 13.1. The van der Waals surface area contributed by atoms with Crippen LogP contribution in [0.15, 0.2) is 60.8 Å². The van der Waals surface area contributed by atoms with Gasteiger partial charge in [-0.2, -0.15) is 13.2 Å². The van der Waals surface area contributed by atoms with E-state index in [4.69, 9.17) is 11.6 Å². The van der Waals surface area contributed by atoms with Crippen LogP contribution in [-0.2, 0) is 6.18 Å². The quantitative estimate of drug-likeness (QED) is 0.531. The van der Waals surface area contributed by atoms with Gasteiger partial charge in [0.05, 0.1) is 11.3 Å². The zero-order valence-corrected chi connectivity index (χ0v) is 16.4. The molecule has 0 atom stereocenters. The Labute approximate surface area is 171 Å². The number of alkyl halides is 3. The van der Waals surface area contributed by atoms with E-state index >= 15 is 0 Å². The molecule has 0 radical (unpaired) electrons. The fraction of sp³-hybridized carbons (Fsp3) is 0.190. The van der Waals surface area contributed by atoms with E-state index in [1.165, 1.54) is 23.2 Å². The number of hydrogen-bond acceptors (Lipinski definition) is 3. The van der Waals surface area contributed by atoms with E-state index in [9.17, 15) is 18.0 Å². The lowest BCUT2D eigenvalue weighted by Gasteiger charge is -2.26. The molecule has 0 aliphatic rings. The van der Waals surface area contributed by atoms with Crippen molar-refractivity contribution in [2.24, 2.45) is 0 Å². The summed E-state index contributed by atoms with van der Waals surface area (Å²) in [6.07, 6.45) is -3.00. The van der Waals surface area contributed by atoms with Crippen molar-refractivity contribution >= 4 is 23.2 Å². The first-order valence-corrected chi connectivity index (χ1v) is 9.14. The number of nitrogens with zero attached hydrogens (tertiary/aromatic N) is 3. The molecule has 0 unspecified atom stereocenters. The minimum atomic E-state index is -4.42. The van der Waals surface area contributed by atoms with Crippen molar-refractivity contribution in [3.05, 3.63) is 77.2 Å². The summed E-state index contributed by atoms with van der Waals surface area (Å²) < 4.78 is 38.3. The van der Waals surface area contributed by atoms with Crippen LogP contribution in [0.1, 0.15) is 30.0 Å². The molecule has 4 nitrogen and oxygen atoms in total. The Morgan fingerprint density at radius 1 is 1.00 bits per heavy atom. The molecule has 0 spiro atoms. The van der Waals surface area contributed by atoms with E-state index in [1.807, 2.05) is 13.8 Å². The van der Waals surface area contributed by atoms with Crippen LogP contribution in [0.2, 0.25) is 5.02 Å². The van der Waals surface area contributed by atoms with Crippen LogP contribution in [0, 0.1) is 0 Å². The average Bonchev–Trinajstić information content (AvgIpc) is 2.69. The van der Waals surface area contributed by atoms with Crippen LogP contribution in [0.5, 0.6) is 0 Å². The molecule has 3 aromatic rings. The third-order valence-corrected chi connectivity index (χ3v) is 4.45. The second-order valence-corrected chi connectivity index (χ2v) is 7.02. The molecule has 0 N–H and O–H groups in total. The third-order valence-electron chi connectivity index (χ3n) is 4.19. The average molecular weight is 420 g/mol. The number of halogens is 4. The molecule has 3 rings (SSSR count). The lowest BCUT2D eigenvalue weighted by molar-refractivity contribution is -0.137. The highest BCUT2D eigenvalue weighted by atomic mass is 35.5. The molecule has 1 amide bonds. The van der Waals surface area contributed by atoms with Gasteiger partial charge in [0.1, 0.15) is 0 Å². The topological polar surface area (TPSA) is 46.1 Å². The predicted molar refractivity (Wildman–Crippen MR) is 106 cm³/mol. The second kappa shape index (κ2) is 8.21. The summed E-state index contributed by atoms with van der Waals surface area (Å²) in [5.74, 6) is -0.470. The summed E-state index contributed by atoms with van der Waals surface area (Å²) in [5, 5.41) is 0.547. The van der Waals surface area contributed by atoms with Gasteiger partial charge >= 0.3 is 6.18 Å². The third kappa shape index (κ3) is 4.74. The van der Waals surface area contributed by atoms with Crippen LogP contribution in [0.25, 0.3) is 11.3 Å². The molecule has 0 saturated heterocycles. The van der Waals surface area contributed by atoms with Gasteiger partial charge in [0.25, 0.3) is 5.91 Å². The van der Waals surface area contributed by atoms with Gasteiger partial charge in [0.2, 0.25) is 5.82 Å². The summed E-state index contributed by atoms with van der Waals surface area (Å²) >= 11 is 5.92. The smallest absolute Gasteiger partial charge is 0.303 e. The van der Waals surface area contributed by atoms with Gasteiger partial charge in [-0.1, -0.05) is 23.7 Å². The van der Waals surface area contributed by atoms with Crippen molar-refractivity contribution in [2.75, 3.05) is 4.90 Å². The summed E-state index contributed by atoms with van der Waals surface area (Å²) in [6, 6.07) is 12.8. The lowest BCUT2D eigenvalue weighted by atomic mass is 10.1. The number of benzene rings is 2. The molecule has 0 bridgehead atoms. The Morgan fingerprint density at radius 3 is 2.17 bits per heavy atom. The molecule has 0 saturated carbocycles. The van der Waals surface area contributed by atoms with E-state index in [-0.39, 0.29) is 11.9 Å². The highest BCUT2D eigenvalue weighted by Gasteiger charge is 2.30. The Bertz CT molecular complexity index is 1000. The first-order valence-electron chi connectivity index (χ1n) is 8.76. The van der Waals surface area contributed by atoms with Crippen molar-refractivity contribution in [3.8, 4) is 11.3 Å². The molecule has 2 aromatic carbocycles. The predicted octanol–water partition coefficient (Wildman–Crippen LogP) is 5.87. The Hall–Kier alpha value is -2.93. The molecule has 29 heavy (non-hydrogen) atoms. The van der Waals surface area contributed by atoms with Gasteiger partial charge in [-0.3, -0.25) is 4.79 Å². The lowest BCUT2D eigenvalue weighted by Crippen LogP contribution is -2.38. The molecule has 1 heterocycles. The molecule has 0 aliphatic carbocycles. The number of anilines is 1. The van der Waals surface area contributed by atoms with Gasteiger partial charge < -0.3 is 4.90 Å². The summed E-state index contributed by atoms with van der Waals surface area (Å²) in [5.41, 5.74) is 0.701. The number of hydrogen-bond donors (Lipinski definition) is 0. The fourth-order valence-corrected chi connectivity index (χ4v) is 2.94. The van der Waals surface area contributed by atoms with Crippen molar-refractivity contribution in [1.29, 1.82) is 0 Å². The summed E-state index contributed by atoms with van der Waals surface area (Å²) in [4.78, 5) is 22.9. The highest BCUT2D eigenvalue weighted by Crippen LogP contribution is 2.30. The largest absolute Gasteiger partial charge is 0.416 e. The zero-order chi connectivity index (χ0) is 21.2. The Kier molecular flexibility index (Phi) is 5.88. The Balaban J connectivity index is 1.93. The van der Waals surface area contributed by atoms with Crippen LogP contribution in [0.4, 0.5) is 18.9 Å². The number of rotatable bonds is 4. The van der Waals surface area contributed by atoms with Crippen LogP contribution in [0.3, 0.4) is 0 Å². The number of carbonyl (C=O) groups is 1. The minimum Gasteiger partial charge on any atom is -0.303 e. The van der Waals surface area contributed by atoms with Crippen molar-refractivity contribution < 1.29 is 18.0 Å². The number of amides is 1. The van der Waals surface area contributed by atoms with E-state index in [2.05, 4.69) is 9.97 Å². The summed E-state index contributed by atoms with van der Waals surface area (Å²) in [6.45, 7) is 3.71. The zero-order valence-electron chi connectivity index (χ0n) is 15.6. The molecule has 8 heteroatoms. The molecule has 0 aliphatic heterocycles. The van der Waals surface area contributed by atoms with Gasteiger partial charge in [0.15, 0.2) is 0 Å². The molecular formula is C21H17ClF3N3O. The fourth-order valence-electron chi connectivity index (χ4n) is 2.81. The minimum absolute atomic E-state index is 0.0500. The first-order chi connectivity index (χ1) is 13.7. The normalized spacial score (nSPS) is 11.6. The first kappa shape index (κ1) is 20.8.